The zero-order valence-electron chi connectivity index (χ0n) is 9.69. The molecule has 0 atom stereocenters. The lowest BCUT2D eigenvalue weighted by molar-refractivity contribution is 0.307. The number of aromatic nitrogens is 1. The molecule has 3 aromatic rings. The Morgan fingerprint density at radius 1 is 1.06 bits per heavy atom. The summed E-state index contributed by atoms with van der Waals surface area (Å²) in [6.07, 6.45) is 1.96. The third kappa shape index (κ3) is 2.20. The third-order valence-electron chi connectivity index (χ3n) is 2.87. The van der Waals surface area contributed by atoms with E-state index in [9.17, 15) is 0 Å². The number of aromatic amines is 1. The van der Waals surface area contributed by atoms with Gasteiger partial charge in [-0.1, -0.05) is 35.9 Å². The van der Waals surface area contributed by atoms with Crippen LogP contribution in [0.5, 0.6) is 5.75 Å². The van der Waals surface area contributed by atoms with Gasteiger partial charge in [-0.15, -0.1) is 0 Å². The first kappa shape index (κ1) is 11.2. The fraction of sp³-hybridized carbons (Fsp3) is 0.0667. The van der Waals surface area contributed by atoms with Crippen LogP contribution in [0, 0.1) is 0 Å². The number of halogens is 1. The highest BCUT2D eigenvalue weighted by Crippen LogP contribution is 2.23. The van der Waals surface area contributed by atoms with Crippen LogP contribution in [-0.4, -0.2) is 4.98 Å². The van der Waals surface area contributed by atoms with Gasteiger partial charge in [0, 0.05) is 27.7 Å². The van der Waals surface area contributed by atoms with Crippen LogP contribution in [0.15, 0.2) is 54.7 Å². The van der Waals surface area contributed by atoms with Crippen molar-refractivity contribution in [3.05, 3.63) is 65.3 Å². The van der Waals surface area contributed by atoms with E-state index in [4.69, 9.17) is 16.3 Å². The summed E-state index contributed by atoms with van der Waals surface area (Å²) in [5.41, 5.74) is 2.17. The molecule has 0 aliphatic rings. The molecule has 2 aromatic carbocycles. The Balaban J connectivity index is 1.83. The number of ether oxygens (including phenoxy) is 1. The molecular formula is C15H12ClNO. The molecule has 0 aliphatic carbocycles. The van der Waals surface area contributed by atoms with Gasteiger partial charge in [-0.05, 0) is 24.3 Å². The molecule has 0 aliphatic heterocycles. The molecule has 3 rings (SSSR count). The molecule has 3 heteroatoms. The predicted octanol–water partition coefficient (Wildman–Crippen LogP) is 4.40. The van der Waals surface area contributed by atoms with Crippen molar-refractivity contribution in [2.45, 2.75) is 6.61 Å². The largest absolute Gasteiger partial charge is 0.489 e. The molecule has 18 heavy (non-hydrogen) atoms. The Kier molecular flexibility index (Phi) is 2.95. The summed E-state index contributed by atoms with van der Waals surface area (Å²) in [6, 6.07) is 15.6. The van der Waals surface area contributed by atoms with Gasteiger partial charge in [0.2, 0.25) is 0 Å². The van der Waals surface area contributed by atoms with Gasteiger partial charge in [0.25, 0.3) is 0 Å². The maximum Gasteiger partial charge on any atom is 0.119 e. The Hall–Kier alpha value is -1.93. The number of hydrogen-bond donors (Lipinski definition) is 1. The summed E-state index contributed by atoms with van der Waals surface area (Å²) >= 11 is 5.95. The molecule has 0 fully saturated rings. The maximum absolute atomic E-state index is 5.95. The molecule has 0 saturated carbocycles. The minimum atomic E-state index is 0.547. The van der Waals surface area contributed by atoms with E-state index >= 15 is 0 Å². The number of benzene rings is 2. The van der Waals surface area contributed by atoms with Crippen molar-refractivity contribution in [1.29, 1.82) is 0 Å². The topological polar surface area (TPSA) is 25.0 Å². The van der Waals surface area contributed by atoms with Crippen molar-refractivity contribution in [3.63, 3.8) is 0 Å². The minimum Gasteiger partial charge on any atom is -0.489 e. The molecule has 1 N–H and O–H groups in total. The van der Waals surface area contributed by atoms with Crippen molar-refractivity contribution in [2.24, 2.45) is 0 Å². The van der Waals surface area contributed by atoms with Gasteiger partial charge in [0.05, 0.1) is 0 Å². The molecule has 90 valence electrons. The van der Waals surface area contributed by atoms with E-state index in [0.29, 0.717) is 6.61 Å². The van der Waals surface area contributed by atoms with Crippen LogP contribution in [0.3, 0.4) is 0 Å². The van der Waals surface area contributed by atoms with Crippen LogP contribution in [0.2, 0.25) is 5.02 Å². The molecule has 1 aromatic heterocycles. The molecule has 1 heterocycles. The van der Waals surface area contributed by atoms with E-state index in [1.54, 1.807) is 0 Å². The fourth-order valence-corrected chi connectivity index (χ4v) is 2.13. The Morgan fingerprint density at radius 2 is 1.89 bits per heavy atom. The van der Waals surface area contributed by atoms with Crippen molar-refractivity contribution in [1.82, 2.24) is 4.98 Å². The first-order valence-electron chi connectivity index (χ1n) is 5.76. The van der Waals surface area contributed by atoms with Gasteiger partial charge >= 0.3 is 0 Å². The Bertz CT molecular complexity index is 661. The fourth-order valence-electron chi connectivity index (χ4n) is 1.96. The van der Waals surface area contributed by atoms with E-state index in [0.717, 1.165) is 27.2 Å². The first-order valence-corrected chi connectivity index (χ1v) is 6.14. The SMILES string of the molecule is Clc1ccc2c(COc3ccccc3)c[nH]c2c1. The van der Waals surface area contributed by atoms with Gasteiger partial charge in [-0.25, -0.2) is 0 Å². The summed E-state index contributed by atoms with van der Waals surface area (Å²) in [4.78, 5) is 3.20. The standard InChI is InChI=1S/C15H12ClNO/c16-12-6-7-14-11(9-17-15(14)8-12)10-18-13-4-2-1-3-5-13/h1-9,17H,10H2. The van der Waals surface area contributed by atoms with E-state index in [1.807, 2.05) is 54.7 Å². The first-order chi connectivity index (χ1) is 8.83. The predicted molar refractivity (Wildman–Crippen MR) is 74.1 cm³/mol. The highest BCUT2D eigenvalue weighted by molar-refractivity contribution is 6.31. The van der Waals surface area contributed by atoms with Crippen LogP contribution >= 0.6 is 11.6 Å². The summed E-state index contributed by atoms with van der Waals surface area (Å²) in [7, 11) is 0. The lowest BCUT2D eigenvalue weighted by Crippen LogP contribution is -1.93. The van der Waals surface area contributed by atoms with Gasteiger partial charge in [0.15, 0.2) is 0 Å². The molecular weight excluding hydrogens is 246 g/mol. The second-order valence-electron chi connectivity index (χ2n) is 4.11. The zero-order valence-corrected chi connectivity index (χ0v) is 10.4. The van der Waals surface area contributed by atoms with Crippen LogP contribution in [0.25, 0.3) is 10.9 Å². The van der Waals surface area contributed by atoms with Gasteiger partial charge in [-0.2, -0.15) is 0 Å². The molecule has 0 radical (unpaired) electrons. The van der Waals surface area contributed by atoms with Crippen LogP contribution in [0.4, 0.5) is 0 Å². The second kappa shape index (κ2) is 4.75. The normalized spacial score (nSPS) is 10.7. The van der Waals surface area contributed by atoms with Gasteiger partial charge in [-0.3, -0.25) is 0 Å². The zero-order chi connectivity index (χ0) is 12.4. The number of fused-ring (bicyclic) bond motifs is 1. The van der Waals surface area contributed by atoms with E-state index in [-0.39, 0.29) is 0 Å². The highest BCUT2D eigenvalue weighted by Gasteiger charge is 2.04. The van der Waals surface area contributed by atoms with Crippen LogP contribution in [0.1, 0.15) is 5.56 Å². The molecule has 0 saturated heterocycles. The number of nitrogens with one attached hydrogen (secondary N) is 1. The van der Waals surface area contributed by atoms with E-state index in [2.05, 4.69) is 4.98 Å². The lowest BCUT2D eigenvalue weighted by atomic mass is 10.2. The maximum atomic E-state index is 5.95. The quantitative estimate of drug-likeness (QED) is 0.739. The average molecular weight is 258 g/mol. The molecule has 0 unspecified atom stereocenters. The van der Waals surface area contributed by atoms with Crippen LogP contribution in [-0.2, 0) is 6.61 Å². The van der Waals surface area contributed by atoms with Crippen LogP contribution < -0.4 is 4.74 Å². The molecule has 2 nitrogen and oxygen atoms in total. The summed E-state index contributed by atoms with van der Waals surface area (Å²) in [5.74, 6) is 0.876. The monoisotopic (exact) mass is 257 g/mol. The molecule has 0 spiro atoms. The summed E-state index contributed by atoms with van der Waals surface area (Å²) < 4.78 is 5.74. The Morgan fingerprint density at radius 3 is 2.72 bits per heavy atom. The number of hydrogen-bond acceptors (Lipinski definition) is 1. The van der Waals surface area contributed by atoms with Crippen molar-refractivity contribution < 1.29 is 4.74 Å². The highest BCUT2D eigenvalue weighted by atomic mass is 35.5. The second-order valence-corrected chi connectivity index (χ2v) is 4.54. The van der Waals surface area contributed by atoms with Gasteiger partial charge < -0.3 is 9.72 Å². The number of rotatable bonds is 3. The van der Waals surface area contributed by atoms with E-state index < -0.39 is 0 Å². The lowest BCUT2D eigenvalue weighted by Gasteiger charge is -2.04. The summed E-state index contributed by atoms with van der Waals surface area (Å²) in [6.45, 7) is 0.547. The third-order valence-corrected chi connectivity index (χ3v) is 3.10. The molecule has 0 amide bonds. The number of H-pyrrole nitrogens is 1. The van der Waals surface area contributed by atoms with Crippen molar-refractivity contribution in [2.75, 3.05) is 0 Å². The van der Waals surface area contributed by atoms with Crippen molar-refractivity contribution in [3.8, 4) is 5.75 Å². The number of para-hydroxylation sites is 1. The smallest absolute Gasteiger partial charge is 0.119 e. The molecule has 0 bridgehead atoms. The Labute approximate surface area is 110 Å². The van der Waals surface area contributed by atoms with Gasteiger partial charge in [0.1, 0.15) is 12.4 Å². The minimum absolute atomic E-state index is 0.547. The average Bonchev–Trinajstić information content (AvgIpc) is 2.80. The van der Waals surface area contributed by atoms with Crippen molar-refractivity contribution >= 4 is 22.5 Å². The van der Waals surface area contributed by atoms with E-state index in [1.165, 1.54) is 0 Å². The summed E-state index contributed by atoms with van der Waals surface area (Å²) in [5, 5.41) is 1.88.